The number of nitrogens with zero attached hydrogens (tertiary/aromatic N) is 1. The second-order valence-electron chi connectivity index (χ2n) is 4.20. The molecule has 0 aromatic carbocycles. The Labute approximate surface area is 96.0 Å². The zero-order valence-electron chi connectivity index (χ0n) is 9.76. The summed E-state index contributed by atoms with van der Waals surface area (Å²) < 4.78 is 5.13. The first-order chi connectivity index (χ1) is 7.63. The van der Waals surface area contributed by atoms with Gasteiger partial charge in [-0.25, -0.2) is 0 Å². The van der Waals surface area contributed by atoms with Crippen LogP contribution in [0.15, 0.2) is 0 Å². The van der Waals surface area contributed by atoms with Crippen LogP contribution in [0.4, 0.5) is 0 Å². The highest BCUT2D eigenvalue weighted by Crippen LogP contribution is 2.20. The lowest BCUT2D eigenvalue weighted by atomic mass is 10.1. The van der Waals surface area contributed by atoms with Gasteiger partial charge in [0.25, 0.3) is 0 Å². The number of rotatable bonds is 7. The van der Waals surface area contributed by atoms with E-state index in [4.69, 9.17) is 9.84 Å². The molecule has 1 heterocycles. The van der Waals surface area contributed by atoms with Crippen molar-refractivity contribution in [2.75, 3.05) is 26.3 Å². The van der Waals surface area contributed by atoms with Crippen LogP contribution in [0.1, 0.15) is 26.2 Å². The topological polar surface area (TPSA) is 70.0 Å². The highest BCUT2D eigenvalue weighted by Gasteiger charge is 2.27. The van der Waals surface area contributed by atoms with Crippen molar-refractivity contribution in [2.24, 2.45) is 0 Å². The molecule has 94 valence electrons. The number of ether oxygens (including phenoxy) is 1. The maximum atomic E-state index is 10.6. The average molecular weight is 231 g/mol. The quantitative estimate of drug-likeness (QED) is 0.660. The standard InChI is InChI=1S/C11H21NO4/c1-2-16-8-10(13)7-12-5-3-4-9(12)6-11(14)15/h9-10,13H,2-8H2,1H3,(H,14,15). The Morgan fingerprint density at radius 1 is 1.62 bits per heavy atom. The van der Waals surface area contributed by atoms with E-state index >= 15 is 0 Å². The number of carboxylic acid groups (broad SMARTS) is 1. The smallest absolute Gasteiger partial charge is 0.304 e. The lowest BCUT2D eigenvalue weighted by molar-refractivity contribution is -0.138. The highest BCUT2D eigenvalue weighted by atomic mass is 16.5. The van der Waals surface area contributed by atoms with Crippen molar-refractivity contribution < 1.29 is 19.7 Å². The number of carboxylic acids is 1. The molecular weight excluding hydrogens is 210 g/mol. The summed E-state index contributed by atoms with van der Waals surface area (Å²) in [5.74, 6) is -0.767. The molecule has 0 saturated carbocycles. The first-order valence-electron chi connectivity index (χ1n) is 5.85. The summed E-state index contributed by atoms with van der Waals surface area (Å²) in [7, 11) is 0. The van der Waals surface area contributed by atoms with Gasteiger partial charge in [-0.1, -0.05) is 0 Å². The number of likely N-dealkylation sites (tertiary alicyclic amines) is 1. The van der Waals surface area contributed by atoms with E-state index in [0.717, 1.165) is 19.4 Å². The fourth-order valence-electron chi connectivity index (χ4n) is 2.15. The highest BCUT2D eigenvalue weighted by molar-refractivity contribution is 5.67. The Bertz CT molecular complexity index is 222. The van der Waals surface area contributed by atoms with Crippen LogP contribution in [0, 0.1) is 0 Å². The fourth-order valence-corrected chi connectivity index (χ4v) is 2.15. The van der Waals surface area contributed by atoms with Gasteiger partial charge in [0, 0.05) is 19.2 Å². The molecule has 1 fully saturated rings. The molecule has 2 atom stereocenters. The molecule has 2 unspecified atom stereocenters. The molecule has 0 radical (unpaired) electrons. The van der Waals surface area contributed by atoms with Crippen LogP contribution >= 0.6 is 0 Å². The van der Waals surface area contributed by atoms with Crippen LogP contribution in [0.3, 0.4) is 0 Å². The predicted molar refractivity (Wildman–Crippen MR) is 59.3 cm³/mol. The molecule has 1 aliphatic rings. The van der Waals surface area contributed by atoms with Crippen molar-refractivity contribution in [1.29, 1.82) is 0 Å². The van der Waals surface area contributed by atoms with Gasteiger partial charge < -0.3 is 14.9 Å². The molecule has 1 rings (SSSR count). The van der Waals surface area contributed by atoms with Crippen molar-refractivity contribution in [2.45, 2.75) is 38.3 Å². The van der Waals surface area contributed by atoms with Gasteiger partial charge in [-0.15, -0.1) is 0 Å². The molecule has 0 amide bonds. The van der Waals surface area contributed by atoms with Crippen LogP contribution in [0.2, 0.25) is 0 Å². The minimum Gasteiger partial charge on any atom is -0.481 e. The van der Waals surface area contributed by atoms with Crippen molar-refractivity contribution in [3.05, 3.63) is 0 Å². The minimum atomic E-state index is -0.767. The van der Waals surface area contributed by atoms with Crippen LogP contribution in [0.25, 0.3) is 0 Å². The van der Waals surface area contributed by atoms with Gasteiger partial charge >= 0.3 is 5.97 Å². The van der Waals surface area contributed by atoms with E-state index in [1.54, 1.807) is 0 Å². The summed E-state index contributed by atoms with van der Waals surface area (Å²) in [4.78, 5) is 12.7. The molecule has 0 spiro atoms. The van der Waals surface area contributed by atoms with Crippen LogP contribution < -0.4 is 0 Å². The number of β-amino-alcohol motifs (C(OH)–C–C–N with tert-alkyl or cyclic N) is 1. The van der Waals surface area contributed by atoms with Crippen LogP contribution in [0.5, 0.6) is 0 Å². The lowest BCUT2D eigenvalue weighted by Gasteiger charge is -2.25. The summed E-state index contributed by atoms with van der Waals surface area (Å²) in [6, 6.07) is 0.0776. The largest absolute Gasteiger partial charge is 0.481 e. The van der Waals surface area contributed by atoms with E-state index in [9.17, 15) is 9.90 Å². The Kier molecular flexibility index (Phi) is 5.73. The molecule has 0 bridgehead atoms. The number of aliphatic hydroxyl groups is 1. The van der Waals surface area contributed by atoms with Crippen molar-refractivity contribution in [3.8, 4) is 0 Å². The minimum absolute atomic E-state index is 0.0776. The number of hydrogen-bond acceptors (Lipinski definition) is 4. The Morgan fingerprint density at radius 3 is 3.00 bits per heavy atom. The summed E-state index contributed by atoms with van der Waals surface area (Å²) in [5, 5.41) is 18.4. The summed E-state index contributed by atoms with van der Waals surface area (Å²) >= 11 is 0. The fraction of sp³-hybridized carbons (Fsp3) is 0.909. The van der Waals surface area contributed by atoms with Gasteiger partial charge in [0.1, 0.15) is 0 Å². The summed E-state index contributed by atoms with van der Waals surface area (Å²) in [6.45, 7) is 4.19. The molecule has 5 heteroatoms. The third kappa shape index (κ3) is 4.47. The Morgan fingerprint density at radius 2 is 2.38 bits per heavy atom. The van der Waals surface area contributed by atoms with Gasteiger partial charge in [-0.05, 0) is 26.3 Å². The normalized spacial score (nSPS) is 23.5. The average Bonchev–Trinajstić information content (AvgIpc) is 2.62. The van der Waals surface area contributed by atoms with Gasteiger partial charge in [0.15, 0.2) is 0 Å². The van der Waals surface area contributed by atoms with Crippen LogP contribution in [-0.2, 0) is 9.53 Å². The number of carbonyl (C=O) groups is 1. The molecule has 2 N–H and O–H groups in total. The first-order valence-corrected chi connectivity index (χ1v) is 5.85. The predicted octanol–water partition coefficient (Wildman–Crippen LogP) is 0.323. The van der Waals surface area contributed by atoms with Gasteiger partial charge in [-0.3, -0.25) is 9.69 Å². The lowest BCUT2D eigenvalue weighted by Crippen LogP contribution is -2.39. The number of hydrogen-bond donors (Lipinski definition) is 2. The Balaban J connectivity index is 2.31. The third-order valence-electron chi connectivity index (χ3n) is 2.87. The van der Waals surface area contributed by atoms with E-state index in [0.29, 0.717) is 19.8 Å². The maximum absolute atomic E-state index is 10.6. The van der Waals surface area contributed by atoms with Crippen molar-refractivity contribution in [1.82, 2.24) is 4.90 Å². The van der Waals surface area contributed by atoms with E-state index in [-0.39, 0.29) is 12.5 Å². The van der Waals surface area contributed by atoms with Gasteiger partial charge in [-0.2, -0.15) is 0 Å². The zero-order chi connectivity index (χ0) is 12.0. The van der Waals surface area contributed by atoms with Gasteiger partial charge in [0.2, 0.25) is 0 Å². The van der Waals surface area contributed by atoms with Crippen molar-refractivity contribution >= 4 is 5.97 Å². The second-order valence-corrected chi connectivity index (χ2v) is 4.20. The SMILES string of the molecule is CCOCC(O)CN1CCCC1CC(=O)O. The molecule has 0 aliphatic carbocycles. The number of aliphatic carboxylic acids is 1. The molecule has 5 nitrogen and oxygen atoms in total. The molecule has 16 heavy (non-hydrogen) atoms. The Hall–Kier alpha value is -0.650. The first kappa shape index (κ1) is 13.4. The second kappa shape index (κ2) is 6.83. The molecular formula is C11H21NO4. The summed E-state index contributed by atoms with van der Waals surface area (Å²) in [6.07, 6.45) is 1.57. The van der Waals surface area contributed by atoms with E-state index in [2.05, 4.69) is 4.90 Å². The third-order valence-corrected chi connectivity index (χ3v) is 2.87. The molecule has 1 aliphatic heterocycles. The monoisotopic (exact) mass is 231 g/mol. The molecule has 0 aromatic rings. The number of aliphatic hydroxyl groups excluding tert-OH is 1. The zero-order valence-corrected chi connectivity index (χ0v) is 9.76. The van der Waals surface area contributed by atoms with E-state index < -0.39 is 12.1 Å². The maximum Gasteiger partial charge on any atom is 0.304 e. The summed E-state index contributed by atoms with van der Waals surface area (Å²) in [5.41, 5.74) is 0. The van der Waals surface area contributed by atoms with E-state index in [1.807, 2.05) is 6.92 Å². The molecule has 1 saturated heterocycles. The van der Waals surface area contributed by atoms with E-state index in [1.165, 1.54) is 0 Å². The molecule has 0 aromatic heterocycles. The van der Waals surface area contributed by atoms with Crippen molar-refractivity contribution in [3.63, 3.8) is 0 Å². The van der Waals surface area contributed by atoms with Crippen LogP contribution in [-0.4, -0.2) is 59.5 Å². The van der Waals surface area contributed by atoms with Gasteiger partial charge in [0.05, 0.1) is 19.1 Å².